The lowest BCUT2D eigenvalue weighted by molar-refractivity contribution is -0.118. The molecule has 1 heterocycles. The maximum atomic E-state index is 12.2. The Bertz CT molecular complexity index is 871. The lowest BCUT2D eigenvalue weighted by atomic mass is 9.98. The molecule has 160 valence electrons. The Morgan fingerprint density at radius 1 is 1.27 bits per heavy atom. The third-order valence-corrected chi connectivity index (χ3v) is 5.94. The van der Waals surface area contributed by atoms with E-state index >= 15 is 0 Å². The highest BCUT2D eigenvalue weighted by Crippen LogP contribution is 2.27. The Morgan fingerprint density at radius 2 is 2.10 bits per heavy atom. The molecule has 0 radical (unpaired) electrons. The fraction of sp³-hybridized carbons (Fsp3) is 0.400. The third-order valence-electron chi connectivity index (χ3n) is 4.27. The van der Waals surface area contributed by atoms with Gasteiger partial charge in [-0.15, -0.1) is 11.8 Å². The normalized spacial score (nSPS) is 11.5. The molecule has 0 fully saturated rings. The van der Waals surface area contributed by atoms with Crippen LogP contribution in [0.2, 0.25) is 0 Å². The van der Waals surface area contributed by atoms with Crippen molar-refractivity contribution in [1.29, 1.82) is 0 Å². The molecule has 0 aliphatic rings. The van der Waals surface area contributed by atoms with Gasteiger partial charge in [-0.3, -0.25) is 9.69 Å². The zero-order valence-electron chi connectivity index (χ0n) is 18.4. The molecule has 2 aromatic rings. The number of allylic oxidation sites excluding steroid dienone is 1. The van der Waals surface area contributed by atoms with E-state index in [2.05, 4.69) is 90.9 Å². The molecular weight excluding hydrogens is 408 g/mol. The first-order valence-electron chi connectivity index (χ1n) is 10.3. The summed E-state index contributed by atoms with van der Waals surface area (Å²) in [5.41, 5.74) is 2.45. The average molecular weight is 441 g/mol. The van der Waals surface area contributed by atoms with Crippen LogP contribution in [0, 0.1) is 17.3 Å². The first-order valence-corrected chi connectivity index (χ1v) is 12.2. The Kier molecular flexibility index (Phi) is 10.2. The van der Waals surface area contributed by atoms with E-state index < -0.39 is 0 Å². The van der Waals surface area contributed by atoms with E-state index in [4.69, 9.17) is 0 Å². The van der Waals surface area contributed by atoms with Crippen molar-refractivity contribution in [2.75, 3.05) is 31.9 Å². The van der Waals surface area contributed by atoms with Gasteiger partial charge >= 0.3 is 0 Å². The van der Waals surface area contributed by atoms with Gasteiger partial charge in [0.15, 0.2) is 0 Å². The Morgan fingerprint density at radius 3 is 2.80 bits per heavy atom. The summed E-state index contributed by atoms with van der Waals surface area (Å²) in [6.07, 6.45) is 4.01. The molecule has 3 nitrogen and oxygen atoms in total. The van der Waals surface area contributed by atoms with E-state index in [1.54, 1.807) is 23.1 Å². The van der Waals surface area contributed by atoms with Crippen LogP contribution >= 0.6 is 23.1 Å². The van der Waals surface area contributed by atoms with Crippen molar-refractivity contribution in [2.45, 2.75) is 32.6 Å². The minimum absolute atomic E-state index is 0.0301. The monoisotopic (exact) mass is 440 g/mol. The zero-order chi connectivity index (χ0) is 21.8. The zero-order valence-corrected chi connectivity index (χ0v) is 20.0. The molecule has 0 aliphatic carbocycles. The molecule has 1 N–H and O–H groups in total. The van der Waals surface area contributed by atoms with Gasteiger partial charge in [0, 0.05) is 29.9 Å². The first-order chi connectivity index (χ1) is 14.4. The number of rotatable bonds is 10. The van der Waals surface area contributed by atoms with Crippen LogP contribution in [0.15, 0.2) is 58.1 Å². The molecule has 0 atom stereocenters. The second-order valence-corrected chi connectivity index (χ2v) is 9.82. The van der Waals surface area contributed by atoms with Gasteiger partial charge < -0.3 is 5.32 Å². The predicted molar refractivity (Wildman–Crippen MR) is 132 cm³/mol. The summed E-state index contributed by atoms with van der Waals surface area (Å²) >= 11 is 3.27. The second-order valence-electron chi connectivity index (χ2n) is 7.99. The van der Waals surface area contributed by atoms with E-state index in [1.165, 1.54) is 11.1 Å². The van der Waals surface area contributed by atoms with Crippen molar-refractivity contribution >= 4 is 29.0 Å². The van der Waals surface area contributed by atoms with Crippen molar-refractivity contribution in [3.05, 3.63) is 53.2 Å². The van der Waals surface area contributed by atoms with Gasteiger partial charge in [-0.2, -0.15) is 11.3 Å². The quantitative estimate of drug-likeness (QED) is 0.388. The van der Waals surface area contributed by atoms with Crippen molar-refractivity contribution in [3.63, 3.8) is 0 Å². The molecule has 1 aromatic carbocycles. The Labute approximate surface area is 190 Å². The molecule has 0 saturated carbocycles. The van der Waals surface area contributed by atoms with Gasteiger partial charge in [-0.05, 0) is 73.5 Å². The summed E-state index contributed by atoms with van der Waals surface area (Å²) < 4.78 is 0. The van der Waals surface area contributed by atoms with Crippen molar-refractivity contribution in [3.8, 4) is 23.0 Å². The van der Waals surface area contributed by atoms with Gasteiger partial charge in [0.2, 0.25) is 5.91 Å². The number of hydrogen-bond acceptors (Lipinski definition) is 4. The van der Waals surface area contributed by atoms with Crippen LogP contribution in [0.1, 0.15) is 27.7 Å². The second kappa shape index (κ2) is 12.6. The highest BCUT2D eigenvalue weighted by atomic mass is 32.2. The number of hydrogen-bond donors (Lipinski definition) is 1. The van der Waals surface area contributed by atoms with Crippen LogP contribution in [0.5, 0.6) is 0 Å². The van der Waals surface area contributed by atoms with E-state index in [1.807, 2.05) is 12.1 Å². The molecule has 2 rings (SSSR count). The van der Waals surface area contributed by atoms with Crippen LogP contribution in [0.4, 0.5) is 0 Å². The molecule has 1 aromatic heterocycles. The maximum Gasteiger partial charge on any atom is 0.230 e. The maximum absolute atomic E-state index is 12.2. The molecule has 5 heteroatoms. The fourth-order valence-electron chi connectivity index (χ4n) is 2.64. The molecule has 0 bridgehead atoms. The number of likely N-dealkylation sites (N-methyl/N-ethyl adjacent to an activating group) is 1. The molecule has 0 unspecified atom stereocenters. The number of thiophene rings is 1. The number of nitrogens with zero attached hydrogens (tertiary/aromatic N) is 1. The van der Waals surface area contributed by atoms with Crippen LogP contribution in [-0.2, 0) is 4.79 Å². The lowest BCUT2D eigenvalue weighted by Crippen LogP contribution is -2.35. The van der Waals surface area contributed by atoms with Gasteiger partial charge in [0.1, 0.15) is 0 Å². The van der Waals surface area contributed by atoms with E-state index in [0.29, 0.717) is 12.3 Å². The molecular formula is C25H32N2OS2. The van der Waals surface area contributed by atoms with Crippen LogP contribution < -0.4 is 5.32 Å². The van der Waals surface area contributed by atoms with Gasteiger partial charge in [0.25, 0.3) is 0 Å². The molecule has 1 amide bonds. The minimum atomic E-state index is 0.0301. The summed E-state index contributed by atoms with van der Waals surface area (Å²) in [5.74, 6) is 6.80. The van der Waals surface area contributed by atoms with Crippen LogP contribution in [0.3, 0.4) is 0 Å². The van der Waals surface area contributed by atoms with E-state index in [-0.39, 0.29) is 11.3 Å². The molecule has 0 aliphatic heterocycles. The summed E-state index contributed by atoms with van der Waals surface area (Å²) in [7, 11) is 0. The Hall–Kier alpha value is -2.00. The number of nitrogens with one attached hydrogen (secondary N) is 1. The number of amides is 1. The highest BCUT2D eigenvalue weighted by Gasteiger charge is 2.06. The number of carbonyl (C=O) groups is 1. The largest absolute Gasteiger partial charge is 0.354 e. The summed E-state index contributed by atoms with van der Waals surface area (Å²) in [4.78, 5) is 15.6. The van der Waals surface area contributed by atoms with Crippen molar-refractivity contribution in [1.82, 2.24) is 10.2 Å². The first kappa shape index (κ1) is 24.3. The summed E-state index contributed by atoms with van der Waals surface area (Å²) in [6.45, 7) is 11.7. The van der Waals surface area contributed by atoms with Crippen LogP contribution in [-0.4, -0.2) is 42.7 Å². The summed E-state index contributed by atoms with van der Waals surface area (Å²) in [6, 6.07) is 10.5. The smallest absolute Gasteiger partial charge is 0.230 e. The summed E-state index contributed by atoms with van der Waals surface area (Å²) in [5, 5.41) is 7.25. The molecule has 0 spiro atoms. The average Bonchev–Trinajstić information content (AvgIpc) is 3.25. The topological polar surface area (TPSA) is 32.3 Å². The number of thioether (sulfide) groups is 1. The molecule has 0 saturated heterocycles. The lowest BCUT2D eigenvalue weighted by Gasteiger charge is -2.18. The standard InChI is InChI=1S/C25H32N2OS2/c1-5-27(15-8-6-7-13-25(2,3)4)16-14-26-24(28)20-30-23-11-9-10-21(18-23)22-12-17-29-19-22/h6,8-12,17-19H,5,14-16,20H2,1-4H3,(H,26,28)/b8-6+. The Balaban J connectivity index is 1.69. The van der Waals surface area contributed by atoms with Gasteiger partial charge in [-0.1, -0.05) is 37.0 Å². The van der Waals surface area contributed by atoms with Crippen LogP contribution in [0.25, 0.3) is 11.1 Å². The number of carbonyl (C=O) groups excluding carboxylic acids is 1. The predicted octanol–water partition coefficient (Wildman–Crippen LogP) is 5.55. The van der Waals surface area contributed by atoms with Gasteiger partial charge in [-0.25, -0.2) is 0 Å². The van der Waals surface area contributed by atoms with Crippen molar-refractivity contribution in [2.24, 2.45) is 5.41 Å². The minimum Gasteiger partial charge on any atom is -0.354 e. The van der Waals surface area contributed by atoms with Gasteiger partial charge in [0.05, 0.1) is 5.75 Å². The van der Waals surface area contributed by atoms with E-state index in [9.17, 15) is 4.79 Å². The fourth-order valence-corrected chi connectivity index (χ4v) is 4.09. The number of benzene rings is 1. The van der Waals surface area contributed by atoms with Crippen molar-refractivity contribution < 1.29 is 4.79 Å². The highest BCUT2D eigenvalue weighted by molar-refractivity contribution is 8.00. The van der Waals surface area contributed by atoms with E-state index in [0.717, 1.165) is 24.5 Å². The SMILES string of the molecule is CCN(C/C=C/C#CC(C)(C)C)CCNC(=O)CSc1cccc(-c2ccsc2)c1. The molecule has 30 heavy (non-hydrogen) atoms. The third kappa shape index (κ3) is 9.67.